The Labute approximate surface area is 97.4 Å². The molecular weight excluding hydrogens is 238 g/mol. The average Bonchev–Trinajstić information content (AvgIpc) is 2.21. The largest absolute Gasteiger partial charge is 0.384 e. The summed E-state index contributed by atoms with van der Waals surface area (Å²) in [5, 5.41) is 0. The topological polar surface area (TPSA) is 55.4 Å². The van der Waals surface area contributed by atoms with Gasteiger partial charge in [0.2, 0.25) is 10.0 Å². The molecule has 0 saturated heterocycles. The van der Waals surface area contributed by atoms with E-state index >= 15 is 0 Å². The zero-order chi connectivity index (χ0) is 11.7. The summed E-state index contributed by atoms with van der Waals surface area (Å²) in [5.41, 5.74) is 0. The van der Waals surface area contributed by atoms with Crippen LogP contribution in [0.4, 0.5) is 0 Å². The molecule has 0 aromatic heterocycles. The summed E-state index contributed by atoms with van der Waals surface area (Å²) in [6.07, 6.45) is 1.76. The second-order valence-electron chi connectivity index (χ2n) is 3.61. The van der Waals surface area contributed by atoms with Crippen LogP contribution in [-0.4, -0.2) is 40.3 Å². The van der Waals surface area contributed by atoms with Crippen LogP contribution in [0.2, 0.25) is 0 Å². The smallest absolute Gasteiger partial charge is 0.213 e. The first-order valence-electron chi connectivity index (χ1n) is 5.04. The summed E-state index contributed by atoms with van der Waals surface area (Å²) in [5.74, 6) is 1.08. The second kappa shape index (κ2) is 8.33. The SMILES string of the molecule is COCCS(=O)(=O)NCCCC(C)CCl. The van der Waals surface area contributed by atoms with Crippen LogP contribution in [0.5, 0.6) is 0 Å². The highest BCUT2D eigenvalue weighted by molar-refractivity contribution is 7.89. The van der Waals surface area contributed by atoms with Crippen molar-refractivity contribution in [2.24, 2.45) is 5.92 Å². The Bertz CT molecular complexity index is 244. The van der Waals surface area contributed by atoms with Crippen molar-refractivity contribution in [2.45, 2.75) is 19.8 Å². The fourth-order valence-corrected chi connectivity index (χ4v) is 2.16. The van der Waals surface area contributed by atoms with Gasteiger partial charge in [-0.05, 0) is 18.8 Å². The summed E-state index contributed by atoms with van der Waals surface area (Å²) in [7, 11) is -1.67. The van der Waals surface area contributed by atoms with Crippen molar-refractivity contribution in [3.8, 4) is 0 Å². The molecule has 1 N–H and O–H groups in total. The quantitative estimate of drug-likeness (QED) is 0.499. The number of alkyl halides is 1. The normalized spacial score (nSPS) is 14.1. The van der Waals surface area contributed by atoms with E-state index in [1.807, 2.05) is 6.92 Å². The lowest BCUT2D eigenvalue weighted by molar-refractivity contribution is 0.217. The lowest BCUT2D eigenvalue weighted by Crippen LogP contribution is -2.29. The Balaban J connectivity index is 3.57. The van der Waals surface area contributed by atoms with Crippen LogP contribution < -0.4 is 4.72 Å². The molecule has 0 saturated carbocycles. The van der Waals surface area contributed by atoms with E-state index in [0.717, 1.165) is 12.8 Å². The van der Waals surface area contributed by atoms with Crippen LogP contribution in [0.15, 0.2) is 0 Å². The number of nitrogens with one attached hydrogen (secondary N) is 1. The van der Waals surface area contributed by atoms with Gasteiger partial charge in [-0.25, -0.2) is 13.1 Å². The standard InChI is InChI=1S/C9H20ClNO3S/c1-9(8-10)4-3-5-11-15(12,13)7-6-14-2/h9,11H,3-8H2,1-2H3. The van der Waals surface area contributed by atoms with Crippen molar-refractivity contribution in [1.29, 1.82) is 0 Å². The predicted octanol–water partition coefficient (Wildman–Crippen LogP) is 1.21. The molecule has 6 heteroatoms. The number of ether oxygens (including phenoxy) is 1. The van der Waals surface area contributed by atoms with E-state index in [0.29, 0.717) is 18.3 Å². The van der Waals surface area contributed by atoms with Gasteiger partial charge in [-0.2, -0.15) is 0 Å². The van der Waals surface area contributed by atoms with Crippen LogP contribution in [0.1, 0.15) is 19.8 Å². The molecule has 0 radical (unpaired) electrons. The summed E-state index contributed by atoms with van der Waals surface area (Å²) in [4.78, 5) is 0. The van der Waals surface area contributed by atoms with Crippen LogP contribution in [-0.2, 0) is 14.8 Å². The van der Waals surface area contributed by atoms with Gasteiger partial charge in [-0.1, -0.05) is 6.92 Å². The first-order valence-corrected chi connectivity index (χ1v) is 7.22. The molecule has 92 valence electrons. The molecule has 0 bridgehead atoms. The number of rotatable bonds is 9. The number of halogens is 1. The zero-order valence-corrected chi connectivity index (χ0v) is 10.9. The Morgan fingerprint density at radius 1 is 1.47 bits per heavy atom. The van der Waals surface area contributed by atoms with Crippen molar-refractivity contribution < 1.29 is 13.2 Å². The number of hydrogen-bond donors (Lipinski definition) is 1. The van der Waals surface area contributed by atoms with E-state index in [9.17, 15) is 8.42 Å². The highest BCUT2D eigenvalue weighted by atomic mass is 35.5. The molecule has 0 fully saturated rings. The van der Waals surface area contributed by atoms with E-state index < -0.39 is 10.0 Å². The van der Waals surface area contributed by atoms with Crippen LogP contribution >= 0.6 is 11.6 Å². The number of sulfonamides is 1. The van der Waals surface area contributed by atoms with Gasteiger partial charge in [0.25, 0.3) is 0 Å². The molecule has 0 aromatic rings. The molecule has 1 atom stereocenters. The van der Waals surface area contributed by atoms with Gasteiger partial charge in [0.15, 0.2) is 0 Å². The maximum atomic E-state index is 11.3. The van der Waals surface area contributed by atoms with Crippen molar-refractivity contribution in [2.75, 3.05) is 31.9 Å². The summed E-state index contributed by atoms with van der Waals surface area (Å²) in [6, 6.07) is 0. The fourth-order valence-electron chi connectivity index (χ4n) is 1.02. The first kappa shape index (κ1) is 15.2. The number of hydrogen-bond acceptors (Lipinski definition) is 3. The highest BCUT2D eigenvalue weighted by Crippen LogP contribution is 2.06. The van der Waals surface area contributed by atoms with E-state index in [-0.39, 0.29) is 12.4 Å². The van der Waals surface area contributed by atoms with Crippen molar-refractivity contribution in [3.63, 3.8) is 0 Å². The maximum Gasteiger partial charge on any atom is 0.213 e. The minimum absolute atomic E-state index is 0.0224. The third-order valence-electron chi connectivity index (χ3n) is 2.02. The molecule has 0 rings (SSSR count). The van der Waals surface area contributed by atoms with E-state index in [2.05, 4.69) is 4.72 Å². The Morgan fingerprint density at radius 2 is 2.13 bits per heavy atom. The molecule has 0 amide bonds. The second-order valence-corrected chi connectivity index (χ2v) is 5.84. The highest BCUT2D eigenvalue weighted by Gasteiger charge is 2.08. The van der Waals surface area contributed by atoms with Gasteiger partial charge >= 0.3 is 0 Å². The lowest BCUT2D eigenvalue weighted by atomic mass is 10.1. The molecular formula is C9H20ClNO3S. The molecule has 0 aromatic carbocycles. The Hall–Kier alpha value is 0.160. The summed E-state index contributed by atoms with van der Waals surface area (Å²) >= 11 is 5.63. The minimum Gasteiger partial charge on any atom is -0.384 e. The van der Waals surface area contributed by atoms with Gasteiger partial charge in [-0.15, -0.1) is 11.6 Å². The van der Waals surface area contributed by atoms with Gasteiger partial charge < -0.3 is 4.74 Å². The van der Waals surface area contributed by atoms with E-state index in [4.69, 9.17) is 16.3 Å². The van der Waals surface area contributed by atoms with Gasteiger partial charge in [-0.3, -0.25) is 0 Å². The van der Waals surface area contributed by atoms with Crippen molar-refractivity contribution in [3.05, 3.63) is 0 Å². The van der Waals surface area contributed by atoms with Crippen molar-refractivity contribution >= 4 is 21.6 Å². The van der Waals surface area contributed by atoms with Crippen LogP contribution in [0.25, 0.3) is 0 Å². The summed E-state index contributed by atoms with van der Waals surface area (Å²) in [6.45, 7) is 2.76. The van der Waals surface area contributed by atoms with E-state index in [1.54, 1.807) is 0 Å². The predicted molar refractivity (Wildman–Crippen MR) is 62.8 cm³/mol. The lowest BCUT2D eigenvalue weighted by Gasteiger charge is -2.08. The molecule has 4 nitrogen and oxygen atoms in total. The zero-order valence-electron chi connectivity index (χ0n) is 9.33. The molecule has 0 aliphatic carbocycles. The number of methoxy groups -OCH3 is 1. The third kappa shape index (κ3) is 9.11. The van der Waals surface area contributed by atoms with Gasteiger partial charge in [0.05, 0.1) is 12.4 Å². The molecule has 0 aliphatic rings. The summed E-state index contributed by atoms with van der Waals surface area (Å²) < 4.78 is 29.8. The third-order valence-corrected chi connectivity index (χ3v) is 3.89. The first-order chi connectivity index (χ1) is 7.02. The Kier molecular flexibility index (Phi) is 8.42. The van der Waals surface area contributed by atoms with Gasteiger partial charge in [0.1, 0.15) is 0 Å². The molecule has 15 heavy (non-hydrogen) atoms. The average molecular weight is 258 g/mol. The van der Waals surface area contributed by atoms with Crippen LogP contribution in [0, 0.1) is 5.92 Å². The molecule has 0 spiro atoms. The van der Waals surface area contributed by atoms with E-state index in [1.165, 1.54) is 7.11 Å². The fraction of sp³-hybridized carbons (Fsp3) is 1.00. The minimum atomic E-state index is -3.16. The molecule has 0 aliphatic heterocycles. The monoisotopic (exact) mass is 257 g/mol. The van der Waals surface area contributed by atoms with Crippen molar-refractivity contribution in [1.82, 2.24) is 4.72 Å². The molecule has 1 unspecified atom stereocenters. The Morgan fingerprint density at radius 3 is 2.67 bits per heavy atom. The van der Waals surface area contributed by atoms with Gasteiger partial charge in [0, 0.05) is 19.5 Å². The molecule has 0 heterocycles. The maximum absolute atomic E-state index is 11.3. The van der Waals surface area contributed by atoms with Crippen LogP contribution in [0.3, 0.4) is 0 Å².